The maximum absolute atomic E-state index is 11.8. The molecule has 162 valence electrons. The maximum Gasteiger partial charge on any atom is 0.251 e. The average Bonchev–Trinajstić information content (AvgIpc) is 3.31. The molecule has 0 radical (unpaired) electrons. The summed E-state index contributed by atoms with van der Waals surface area (Å²) in [6, 6.07) is 11.7. The van der Waals surface area contributed by atoms with Gasteiger partial charge in [0.25, 0.3) is 5.91 Å². The number of guanidine groups is 1. The first-order valence-electron chi connectivity index (χ1n) is 11.1. The molecule has 1 amide bonds. The predicted octanol–water partition coefficient (Wildman–Crippen LogP) is 3.54. The number of hydrogen-bond donors (Lipinski definition) is 3. The van der Waals surface area contributed by atoms with E-state index in [9.17, 15) is 4.79 Å². The Morgan fingerprint density at radius 3 is 2.60 bits per heavy atom. The van der Waals surface area contributed by atoms with Crippen LogP contribution in [0.15, 0.2) is 52.1 Å². The highest BCUT2D eigenvalue weighted by molar-refractivity contribution is 5.94. The van der Waals surface area contributed by atoms with E-state index in [0.29, 0.717) is 11.5 Å². The molecule has 1 aromatic heterocycles. The quantitative estimate of drug-likeness (QED) is 0.436. The minimum atomic E-state index is -0.0564. The van der Waals surface area contributed by atoms with Gasteiger partial charge in [-0.2, -0.15) is 0 Å². The second-order valence-corrected chi connectivity index (χ2v) is 7.91. The number of carbonyl (C=O) groups excluding carboxylic acids is 1. The Kier molecular flexibility index (Phi) is 8.81. The second kappa shape index (κ2) is 12.1. The molecule has 2 aromatic rings. The molecule has 0 spiro atoms. The summed E-state index contributed by atoms with van der Waals surface area (Å²) in [5, 5.41) is 9.57. The highest BCUT2D eigenvalue weighted by Crippen LogP contribution is 2.23. The lowest BCUT2D eigenvalue weighted by atomic mass is 9.89. The van der Waals surface area contributed by atoms with E-state index in [1.54, 1.807) is 13.3 Å². The first kappa shape index (κ1) is 21.9. The summed E-state index contributed by atoms with van der Waals surface area (Å²) in [7, 11) is 1.65. The zero-order valence-electron chi connectivity index (χ0n) is 18.0. The molecule has 0 aliphatic heterocycles. The average molecular weight is 411 g/mol. The van der Waals surface area contributed by atoms with Crippen LogP contribution in [0, 0.1) is 5.92 Å². The third-order valence-electron chi connectivity index (χ3n) is 5.60. The van der Waals surface area contributed by atoms with E-state index in [0.717, 1.165) is 49.8 Å². The van der Waals surface area contributed by atoms with Gasteiger partial charge in [-0.25, -0.2) is 0 Å². The van der Waals surface area contributed by atoms with E-state index in [-0.39, 0.29) is 5.91 Å². The molecule has 1 fully saturated rings. The number of amides is 1. The van der Waals surface area contributed by atoms with Crippen molar-refractivity contribution >= 4 is 11.9 Å². The van der Waals surface area contributed by atoms with Crippen LogP contribution in [-0.2, 0) is 12.8 Å². The highest BCUT2D eigenvalue weighted by atomic mass is 16.3. The van der Waals surface area contributed by atoms with Gasteiger partial charge >= 0.3 is 0 Å². The smallest absolute Gasteiger partial charge is 0.251 e. The fraction of sp³-hybridized carbons (Fsp3) is 0.500. The van der Waals surface area contributed by atoms with Crippen LogP contribution in [0.1, 0.15) is 53.8 Å². The summed E-state index contributed by atoms with van der Waals surface area (Å²) in [5.41, 5.74) is 1.82. The molecule has 1 saturated carbocycles. The van der Waals surface area contributed by atoms with Gasteiger partial charge in [0.15, 0.2) is 5.96 Å². The third-order valence-corrected chi connectivity index (χ3v) is 5.60. The molecule has 0 bridgehead atoms. The minimum Gasteiger partial charge on any atom is -0.469 e. The largest absolute Gasteiger partial charge is 0.469 e. The number of aliphatic imine (C=N–C) groups is 1. The summed E-state index contributed by atoms with van der Waals surface area (Å²) in [4.78, 5) is 16.7. The highest BCUT2D eigenvalue weighted by Gasteiger charge is 2.13. The van der Waals surface area contributed by atoms with Crippen LogP contribution in [-0.4, -0.2) is 38.5 Å². The molecule has 6 nitrogen and oxygen atoms in total. The summed E-state index contributed by atoms with van der Waals surface area (Å²) < 4.78 is 5.42. The van der Waals surface area contributed by atoms with Gasteiger partial charge in [0.05, 0.1) is 6.26 Å². The van der Waals surface area contributed by atoms with Gasteiger partial charge < -0.3 is 20.4 Å². The predicted molar refractivity (Wildman–Crippen MR) is 121 cm³/mol. The Morgan fingerprint density at radius 1 is 1.07 bits per heavy atom. The van der Waals surface area contributed by atoms with E-state index in [1.807, 2.05) is 30.3 Å². The van der Waals surface area contributed by atoms with Crippen LogP contribution in [0.5, 0.6) is 0 Å². The number of hydrogen-bond acceptors (Lipinski definition) is 3. The first-order valence-corrected chi connectivity index (χ1v) is 11.1. The van der Waals surface area contributed by atoms with Crippen LogP contribution in [0.4, 0.5) is 0 Å². The van der Waals surface area contributed by atoms with Crippen molar-refractivity contribution in [3.05, 3.63) is 59.5 Å². The van der Waals surface area contributed by atoms with Crippen LogP contribution in [0.2, 0.25) is 0 Å². The first-order chi connectivity index (χ1) is 14.7. The normalized spacial score (nSPS) is 15.0. The number of nitrogens with zero attached hydrogens (tertiary/aromatic N) is 1. The lowest BCUT2D eigenvalue weighted by Gasteiger charge is -2.20. The maximum atomic E-state index is 11.8. The van der Waals surface area contributed by atoms with Gasteiger partial charge in [-0.15, -0.1) is 0 Å². The Morgan fingerprint density at radius 2 is 1.87 bits per heavy atom. The monoisotopic (exact) mass is 410 g/mol. The van der Waals surface area contributed by atoms with Crippen molar-refractivity contribution in [1.82, 2.24) is 16.0 Å². The van der Waals surface area contributed by atoms with Crippen molar-refractivity contribution in [2.24, 2.45) is 10.9 Å². The number of carbonyl (C=O) groups is 1. The van der Waals surface area contributed by atoms with E-state index in [1.165, 1.54) is 32.1 Å². The second-order valence-electron chi connectivity index (χ2n) is 7.91. The van der Waals surface area contributed by atoms with E-state index in [2.05, 4.69) is 22.0 Å². The molecule has 0 atom stereocenters. The minimum absolute atomic E-state index is 0.0564. The van der Waals surface area contributed by atoms with Crippen LogP contribution < -0.4 is 16.0 Å². The molecule has 3 N–H and O–H groups in total. The van der Waals surface area contributed by atoms with Crippen molar-refractivity contribution in [1.29, 1.82) is 0 Å². The van der Waals surface area contributed by atoms with Gasteiger partial charge in [0, 0.05) is 38.7 Å². The lowest BCUT2D eigenvalue weighted by molar-refractivity contribution is 0.0963. The molecular formula is C24H34N4O2. The number of rotatable bonds is 9. The molecule has 30 heavy (non-hydrogen) atoms. The molecule has 3 rings (SSSR count). The molecule has 1 aliphatic rings. The molecule has 1 aliphatic carbocycles. The van der Waals surface area contributed by atoms with Crippen molar-refractivity contribution in [3.8, 4) is 0 Å². The van der Waals surface area contributed by atoms with Gasteiger partial charge in [-0.05, 0) is 55.0 Å². The Hall–Kier alpha value is -2.76. The summed E-state index contributed by atoms with van der Waals surface area (Å²) >= 11 is 0. The van der Waals surface area contributed by atoms with Crippen LogP contribution >= 0.6 is 0 Å². The topological polar surface area (TPSA) is 78.7 Å². The SMILES string of the molecule is CNC(=O)c1cccc(CCNC(=NCC2CCCCC2)NCCc2ccco2)c1. The summed E-state index contributed by atoms with van der Waals surface area (Å²) in [5.74, 6) is 2.47. The molecule has 0 saturated heterocycles. The fourth-order valence-corrected chi connectivity index (χ4v) is 3.86. The van der Waals surface area contributed by atoms with Crippen molar-refractivity contribution in [2.75, 3.05) is 26.7 Å². The van der Waals surface area contributed by atoms with Crippen LogP contribution in [0.3, 0.4) is 0 Å². The van der Waals surface area contributed by atoms with Gasteiger partial charge in [0.1, 0.15) is 5.76 Å². The van der Waals surface area contributed by atoms with Crippen molar-refractivity contribution < 1.29 is 9.21 Å². The standard InChI is InChI=1S/C24H34N4O2/c1-25-23(29)21-10-5-9-19(17-21)12-14-26-24(27-15-13-22-11-6-16-30-22)28-18-20-7-3-2-4-8-20/h5-6,9-11,16-17,20H,2-4,7-8,12-15,18H2,1H3,(H,25,29)(H2,26,27,28). The molecular weight excluding hydrogens is 376 g/mol. The molecule has 0 unspecified atom stereocenters. The van der Waals surface area contributed by atoms with E-state index < -0.39 is 0 Å². The summed E-state index contributed by atoms with van der Waals surface area (Å²) in [6.45, 7) is 2.41. The third kappa shape index (κ3) is 7.25. The Labute approximate surface area is 179 Å². The zero-order chi connectivity index (χ0) is 21.0. The van der Waals surface area contributed by atoms with Crippen molar-refractivity contribution in [3.63, 3.8) is 0 Å². The zero-order valence-corrected chi connectivity index (χ0v) is 18.0. The van der Waals surface area contributed by atoms with E-state index >= 15 is 0 Å². The Balaban J connectivity index is 1.52. The van der Waals surface area contributed by atoms with Crippen molar-refractivity contribution in [2.45, 2.75) is 44.9 Å². The molecule has 6 heteroatoms. The van der Waals surface area contributed by atoms with Gasteiger partial charge in [0.2, 0.25) is 0 Å². The number of nitrogens with one attached hydrogen (secondary N) is 3. The Bertz CT molecular complexity index is 795. The summed E-state index contributed by atoms with van der Waals surface area (Å²) in [6.07, 6.45) is 9.96. The lowest BCUT2D eigenvalue weighted by Crippen LogP contribution is -2.39. The number of furan rings is 1. The van der Waals surface area contributed by atoms with Gasteiger partial charge in [-0.1, -0.05) is 31.4 Å². The molecule has 1 heterocycles. The molecule has 1 aromatic carbocycles. The number of benzene rings is 1. The fourth-order valence-electron chi connectivity index (χ4n) is 3.86. The van der Waals surface area contributed by atoms with Gasteiger partial charge in [-0.3, -0.25) is 9.79 Å². The van der Waals surface area contributed by atoms with E-state index in [4.69, 9.17) is 9.41 Å². The van der Waals surface area contributed by atoms with Crippen LogP contribution in [0.25, 0.3) is 0 Å².